The Morgan fingerprint density at radius 3 is 2.28 bits per heavy atom. The molecular weight excluding hydrogens is 388 g/mol. The molecule has 0 spiro atoms. The van der Waals surface area contributed by atoms with Gasteiger partial charge in [0.15, 0.2) is 6.61 Å². The smallest absolute Gasteiger partial charge is 0.339 e. The number of halogens is 1. The quantitative estimate of drug-likeness (QED) is 0.231. The molecule has 0 aliphatic carbocycles. The van der Waals surface area contributed by atoms with Crippen molar-refractivity contribution in [3.05, 3.63) is 101 Å². The number of rotatable bonds is 7. The molecule has 4 nitrogen and oxygen atoms in total. The molecule has 0 aliphatic heterocycles. The highest BCUT2D eigenvalue weighted by Crippen LogP contribution is 2.25. The monoisotopic (exact) mass is 406 g/mol. The van der Waals surface area contributed by atoms with Crippen LogP contribution in [0.25, 0.3) is 11.6 Å². The Morgan fingerprint density at radius 1 is 0.897 bits per heavy atom. The SMILES string of the molecule is COc1ccccc1/C=C(/C(=O)OCC(=O)c1ccccc1Cl)c1ccccc1. The maximum atomic E-state index is 12.9. The average molecular weight is 407 g/mol. The second-order valence-corrected chi connectivity index (χ2v) is 6.55. The van der Waals surface area contributed by atoms with Crippen LogP contribution in [0.3, 0.4) is 0 Å². The summed E-state index contributed by atoms with van der Waals surface area (Å²) in [4.78, 5) is 25.2. The fourth-order valence-electron chi connectivity index (χ4n) is 2.79. The summed E-state index contributed by atoms with van der Waals surface area (Å²) in [6.45, 7) is -0.404. The van der Waals surface area contributed by atoms with Crippen molar-refractivity contribution in [3.8, 4) is 5.75 Å². The molecule has 0 saturated carbocycles. The molecule has 0 saturated heterocycles. The van der Waals surface area contributed by atoms with Gasteiger partial charge in [-0.15, -0.1) is 0 Å². The predicted octanol–water partition coefficient (Wildman–Crippen LogP) is 5.32. The van der Waals surface area contributed by atoms with Gasteiger partial charge in [0.2, 0.25) is 5.78 Å². The molecule has 29 heavy (non-hydrogen) atoms. The van der Waals surface area contributed by atoms with Gasteiger partial charge in [0, 0.05) is 11.1 Å². The number of esters is 1. The number of hydrogen-bond donors (Lipinski definition) is 0. The first-order valence-corrected chi connectivity index (χ1v) is 9.33. The summed E-state index contributed by atoms with van der Waals surface area (Å²) in [5, 5.41) is 0.321. The number of benzene rings is 3. The van der Waals surface area contributed by atoms with Gasteiger partial charge in [-0.3, -0.25) is 4.79 Å². The third kappa shape index (κ3) is 5.12. The number of hydrogen-bond acceptors (Lipinski definition) is 4. The fraction of sp³-hybridized carbons (Fsp3) is 0.0833. The van der Waals surface area contributed by atoms with Gasteiger partial charge >= 0.3 is 5.97 Å². The predicted molar refractivity (Wildman–Crippen MR) is 114 cm³/mol. The molecule has 0 bridgehead atoms. The summed E-state index contributed by atoms with van der Waals surface area (Å²) in [6, 6.07) is 23.1. The van der Waals surface area contributed by atoms with Crippen LogP contribution < -0.4 is 4.74 Å². The molecule has 146 valence electrons. The van der Waals surface area contributed by atoms with Gasteiger partial charge in [-0.05, 0) is 29.8 Å². The van der Waals surface area contributed by atoms with Gasteiger partial charge in [0.05, 0.1) is 17.7 Å². The third-order valence-corrected chi connectivity index (χ3v) is 4.58. The molecule has 0 atom stereocenters. The second kappa shape index (κ2) is 9.71. The molecule has 3 aromatic carbocycles. The highest BCUT2D eigenvalue weighted by molar-refractivity contribution is 6.34. The number of methoxy groups -OCH3 is 1. The molecule has 5 heteroatoms. The zero-order chi connectivity index (χ0) is 20.6. The molecule has 3 rings (SSSR count). The van der Waals surface area contributed by atoms with Gasteiger partial charge in [0.1, 0.15) is 5.75 Å². The highest BCUT2D eigenvalue weighted by Gasteiger charge is 2.18. The number of ketones is 1. The van der Waals surface area contributed by atoms with E-state index in [-0.39, 0.29) is 5.78 Å². The molecule has 0 radical (unpaired) electrons. The van der Waals surface area contributed by atoms with Crippen LogP contribution in [0.2, 0.25) is 5.02 Å². The first-order chi connectivity index (χ1) is 14.1. The molecule has 0 amide bonds. The number of para-hydroxylation sites is 1. The van der Waals surface area contributed by atoms with Crippen molar-refractivity contribution in [2.75, 3.05) is 13.7 Å². The van der Waals surface area contributed by atoms with Crippen molar-refractivity contribution in [1.82, 2.24) is 0 Å². The lowest BCUT2D eigenvalue weighted by Crippen LogP contribution is -2.15. The van der Waals surface area contributed by atoms with Crippen molar-refractivity contribution in [2.24, 2.45) is 0 Å². The normalized spacial score (nSPS) is 11.0. The van der Waals surface area contributed by atoms with Crippen molar-refractivity contribution in [3.63, 3.8) is 0 Å². The third-order valence-electron chi connectivity index (χ3n) is 4.25. The minimum absolute atomic E-state index is 0.317. The van der Waals surface area contributed by atoms with Crippen molar-refractivity contribution >= 4 is 35.0 Å². The van der Waals surface area contributed by atoms with Gasteiger partial charge in [-0.2, -0.15) is 0 Å². The van der Waals surface area contributed by atoms with E-state index in [2.05, 4.69) is 0 Å². The molecule has 0 aromatic heterocycles. The number of carbonyl (C=O) groups is 2. The number of ether oxygens (including phenoxy) is 2. The van der Waals surface area contributed by atoms with Crippen LogP contribution in [-0.4, -0.2) is 25.5 Å². The lowest BCUT2D eigenvalue weighted by molar-refractivity contribution is -0.135. The van der Waals surface area contributed by atoms with Gasteiger partial charge in [0.25, 0.3) is 0 Å². The standard InChI is InChI=1S/C24H19ClO4/c1-28-23-14-8-5-11-18(23)15-20(17-9-3-2-4-10-17)24(27)29-16-22(26)19-12-6-7-13-21(19)25/h2-15H,16H2,1H3/b20-15+. The Hall–Kier alpha value is -3.37. The van der Waals surface area contributed by atoms with E-state index in [0.29, 0.717) is 27.5 Å². The van der Waals surface area contributed by atoms with Crippen molar-refractivity contribution in [1.29, 1.82) is 0 Å². The summed E-state index contributed by atoms with van der Waals surface area (Å²) in [7, 11) is 1.56. The van der Waals surface area contributed by atoms with Crippen LogP contribution in [0.4, 0.5) is 0 Å². The highest BCUT2D eigenvalue weighted by atomic mass is 35.5. The van der Waals surface area contributed by atoms with Crippen molar-refractivity contribution in [2.45, 2.75) is 0 Å². The van der Waals surface area contributed by atoms with Crippen LogP contribution in [0, 0.1) is 0 Å². The summed E-state index contributed by atoms with van der Waals surface area (Å²) >= 11 is 6.05. The van der Waals surface area contributed by atoms with E-state index < -0.39 is 12.6 Å². The van der Waals surface area contributed by atoms with E-state index in [1.165, 1.54) is 0 Å². The van der Waals surface area contributed by atoms with Crippen molar-refractivity contribution < 1.29 is 19.1 Å². The molecule has 0 aliphatic rings. The molecule has 0 fully saturated rings. The lowest BCUT2D eigenvalue weighted by Gasteiger charge is -2.11. The second-order valence-electron chi connectivity index (χ2n) is 6.15. The van der Waals surface area contributed by atoms with E-state index in [1.54, 1.807) is 55.7 Å². The zero-order valence-electron chi connectivity index (χ0n) is 15.8. The largest absolute Gasteiger partial charge is 0.496 e. The zero-order valence-corrected chi connectivity index (χ0v) is 16.6. The molecule has 3 aromatic rings. The summed E-state index contributed by atoms with van der Waals surface area (Å²) in [5.74, 6) is -0.350. The Labute approximate surface area is 174 Å². The number of Topliss-reactive ketones (excluding diaryl/α,β-unsaturated/α-hetero) is 1. The first kappa shape index (κ1) is 20.4. The van der Waals surface area contributed by atoms with Gasteiger partial charge in [-0.25, -0.2) is 4.79 Å². The first-order valence-electron chi connectivity index (χ1n) is 8.95. The van der Waals surface area contributed by atoms with Gasteiger partial charge < -0.3 is 9.47 Å². The molecule has 0 N–H and O–H groups in total. The average Bonchev–Trinajstić information content (AvgIpc) is 2.76. The van der Waals surface area contributed by atoms with E-state index in [0.717, 1.165) is 5.56 Å². The summed E-state index contributed by atoms with van der Waals surface area (Å²) in [5.41, 5.74) is 2.04. The Bertz CT molecular complexity index is 1040. The maximum absolute atomic E-state index is 12.9. The van der Waals surface area contributed by atoms with E-state index in [4.69, 9.17) is 21.1 Å². The Balaban J connectivity index is 1.87. The Kier molecular flexibility index (Phi) is 6.82. The van der Waals surface area contributed by atoms with Crippen LogP contribution >= 0.6 is 11.6 Å². The molecular formula is C24H19ClO4. The minimum Gasteiger partial charge on any atom is -0.496 e. The van der Waals surface area contributed by atoms with Crippen LogP contribution in [0.5, 0.6) is 5.75 Å². The van der Waals surface area contributed by atoms with Crippen LogP contribution in [0.1, 0.15) is 21.5 Å². The van der Waals surface area contributed by atoms with E-state index in [1.807, 2.05) is 36.4 Å². The van der Waals surface area contributed by atoms with Gasteiger partial charge in [-0.1, -0.05) is 72.3 Å². The van der Waals surface area contributed by atoms with Crippen LogP contribution in [0.15, 0.2) is 78.9 Å². The summed E-state index contributed by atoms with van der Waals surface area (Å²) in [6.07, 6.45) is 1.69. The topological polar surface area (TPSA) is 52.6 Å². The van der Waals surface area contributed by atoms with E-state index >= 15 is 0 Å². The lowest BCUT2D eigenvalue weighted by atomic mass is 10.0. The number of carbonyl (C=O) groups excluding carboxylic acids is 2. The molecule has 0 unspecified atom stereocenters. The summed E-state index contributed by atoms with van der Waals surface area (Å²) < 4.78 is 10.7. The minimum atomic E-state index is -0.609. The molecule has 0 heterocycles. The fourth-order valence-corrected chi connectivity index (χ4v) is 3.03. The van der Waals surface area contributed by atoms with Crippen LogP contribution in [-0.2, 0) is 9.53 Å². The Morgan fingerprint density at radius 2 is 1.55 bits per heavy atom. The maximum Gasteiger partial charge on any atom is 0.339 e. The van der Waals surface area contributed by atoms with E-state index in [9.17, 15) is 9.59 Å².